The average molecular weight is 635 g/mol. The number of rotatable bonds is 3. The second-order valence-electron chi connectivity index (χ2n) is 11.4. The molecule has 6 rings (SSSR count). The first-order valence-electron chi connectivity index (χ1n) is 13.7. The minimum absolute atomic E-state index is 0.0217. The van der Waals surface area contributed by atoms with Crippen molar-refractivity contribution in [3.05, 3.63) is 68.3 Å². The van der Waals surface area contributed by atoms with Gasteiger partial charge < -0.3 is 50.3 Å². The molecule has 0 unspecified atom stereocenters. The maximum absolute atomic E-state index is 14.3. The Morgan fingerprint density at radius 3 is 1.63 bits per heavy atom. The van der Waals surface area contributed by atoms with E-state index in [0.717, 1.165) is 39.3 Å². The number of carbonyl (C=O) groups excluding carboxylic acids is 4. The number of phenols is 4. The van der Waals surface area contributed by atoms with Crippen molar-refractivity contribution >= 4 is 23.1 Å². The van der Waals surface area contributed by atoms with Crippen molar-refractivity contribution in [3.63, 3.8) is 0 Å². The third-order valence-electron chi connectivity index (χ3n) is 8.88. The van der Waals surface area contributed by atoms with Gasteiger partial charge in [0, 0.05) is 51.1 Å². The molecule has 0 bridgehead atoms. The predicted molar refractivity (Wildman–Crippen MR) is 154 cm³/mol. The highest BCUT2D eigenvalue weighted by molar-refractivity contribution is 6.35. The molecule has 0 aliphatic heterocycles. The standard InChI is InChI=1S/C32H26O14/c1-8-5-9-14(28(40)23(8)35)25(37)15-10(33)6-12(45-3)17(19(15)24(9)36)18-13(46-4)7-11(34)16-20(18)27(39)22-21(26(16)38)29(41)31(43)32(2,44)30(22)42/h5-7,29-31,33-35,40-44H,1-4H3/t29-,30-,31+,32-/m0/s1. The molecule has 0 spiro atoms. The molecule has 14 heteroatoms. The van der Waals surface area contributed by atoms with E-state index in [1.807, 2.05) is 0 Å². The number of aliphatic hydroxyl groups excluding tert-OH is 3. The number of hydrogen-bond acceptors (Lipinski definition) is 14. The minimum atomic E-state index is -2.53. The van der Waals surface area contributed by atoms with E-state index in [4.69, 9.17) is 9.47 Å². The Kier molecular flexibility index (Phi) is 6.59. The maximum Gasteiger partial charge on any atom is 0.202 e. The van der Waals surface area contributed by atoms with Gasteiger partial charge in [0.05, 0.1) is 30.9 Å². The summed E-state index contributed by atoms with van der Waals surface area (Å²) in [7, 11) is 2.26. The smallest absolute Gasteiger partial charge is 0.202 e. The maximum atomic E-state index is 14.3. The second kappa shape index (κ2) is 9.86. The zero-order valence-corrected chi connectivity index (χ0v) is 24.5. The van der Waals surface area contributed by atoms with Crippen LogP contribution in [0, 0.1) is 6.92 Å². The number of hydrogen-bond donors (Lipinski definition) is 8. The molecule has 0 fully saturated rings. The molecule has 4 atom stereocenters. The van der Waals surface area contributed by atoms with Gasteiger partial charge in [0.15, 0.2) is 28.8 Å². The van der Waals surface area contributed by atoms with Gasteiger partial charge in [-0.3, -0.25) is 19.2 Å². The summed E-state index contributed by atoms with van der Waals surface area (Å²) in [5, 5.41) is 86.0. The van der Waals surface area contributed by atoms with Gasteiger partial charge >= 0.3 is 0 Å². The van der Waals surface area contributed by atoms with Crippen LogP contribution in [0.2, 0.25) is 0 Å². The zero-order valence-electron chi connectivity index (χ0n) is 24.5. The molecular weight excluding hydrogens is 608 g/mol. The van der Waals surface area contributed by atoms with Crippen LogP contribution < -0.4 is 9.47 Å². The van der Waals surface area contributed by atoms with Gasteiger partial charge in [-0.05, 0) is 25.5 Å². The van der Waals surface area contributed by atoms with E-state index in [2.05, 4.69) is 0 Å². The fourth-order valence-electron chi connectivity index (χ4n) is 6.49. The number of carbonyl (C=O) groups is 4. The average Bonchev–Trinajstić information content (AvgIpc) is 3.01. The monoisotopic (exact) mass is 634 g/mol. The molecule has 0 radical (unpaired) electrons. The van der Waals surface area contributed by atoms with Gasteiger partial charge in [-0.1, -0.05) is 0 Å². The fraction of sp³-hybridized carbons (Fsp3) is 0.250. The summed E-state index contributed by atoms with van der Waals surface area (Å²) in [6.45, 7) is 2.29. The van der Waals surface area contributed by atoms with Crippen LogP contribution in [0.5, 0.6) is 34.5 Å². The first-order valence-corrected chi connectivity index (χ1v) is 13.7. The van der Waals surface area contributed by atoms with Gasteiger partial charge in [-0.2, -0.15) is 0 Å². The Labute approximate surface area is 258 Å². The Hall–Kier alpha value is -5.28. The zero-order chi connectivity index (χ0) is 33.9. The number of Topliss-reactive ketones (excluding diaryl/α,β-unsaturated/α-hetero) is 2. The van der Waals surface area contributed by atoms with E-state index < -0.39 is 115 Å². The molecule has 0 saturated carbocycles. The summed E-state index contributed by atoms with van der Waals surface area (Å²) in [6.07, 6.45) is -6.51. The summed E-state index contributed by atoms with van der Waals surface area (Å²) in [4.78, 5) is 56.2. The SMILES string of the molecule is COc1cc(O)c2c(c1-c1c(OC)cc(O)c3c1C(=O)c1cc(C)c(O)c(O)c1C3=O)C(=O)C1=C(C2=O)[C@H](O)[C@@H](O)[C@@](C)(O)[C@H]1O. The van der Waals surface area contributed by atoms with Crippen LogP contribution in [0.15, 0.2) is 29.3 Å². The summed E-state index contributed by atoms with van der Waals surface area (Å²) in [5.41, 5.74) is -8.48. The van der Waals surface area contributed by atoms with Crippen LogP contribution in [0.4, 0.5) is 0 Å². The first-order chi connectivity index (χ1) is 21.5. The minimum Gasteiger partial charge on any atom is -0.507 e. The third kappa shape index (κ3) is 3.66. The Morgan fingerprint density at radius 2 is 1.11 bits per heavy atom. The fourth-order valence-corrected chi connectivity index (χ4v) is 6.49. The molecule has 0 amide bonds. The van der Waals surface area contributed by atoms with Crippen molar-refractivity contribution in [1.29, 1.82) is 0 Å². The van der Waals surface area contributed by atoms with Gasteiger partial charge in [0.25, 0.3) is 0 Å². The Balaban J connectivity index is 1.76. The second-order valence-corrected chi connectivity index (χ2v) is 11.4. The van der Waals surface area contributed by atoms with Gasteiger partial charge in [0.2, 0.25) is 5.78 Å². The molecule has 8 N–H and O–H groups in total. The molecule has 0 heterocycles. The first kappa shape index (κ1) is 30.7. The normalized spacial score (nSPS) is 23.5. The van der Waals surface area contributed by atoms with Crippen molar-refractivity contribution in [2.45, 2.75) is 37.8 Å². The molecule has 3 aliphatic carbocycles. The summed E-state index contributed by atoms with van der Waals surface area (Å²) < 4.78 is 10.9. The van der Waals surface area contributed by atoms with Crippen molar-refractivity contribution in [2.75, 3.05) is 14.2 Å². The number of fused-ring (bicyclic) bond motifs is 3. The number of benzene rings is 3. The van der Waals surface area contributed by atoms with E-state index in [0.29, 0.717) is 0 Å². The van der Waals surface area contributed by atoms with Crippen molar-refractivity contribution in [2.24, 2.45) is 0 Å². The molecule has 0 aromatic heterocycles. The van der Waals surface area contributed by atoms with Crippen LogP contribution in [-0.4, -0.2) is 102 Å². The molecule has 3 aliphatic rings. The molecule has 3 aromatic rings. The van der Waals surface area contributed by atoms with Crippen LogP contribution in [0.3, 0.4) is 0 Å². The van der Waals surface area contributed by atoms with Crippen molar-refractivity contribution in [1.82, 2.24) is 0 Å². The Morgan fingerprint density at radius 1 is 0.630 bits per heavy atom. The van der Waals surface area contributed by atoms with Gasteiger partial charge in [-0.25, -0.2) is 0 Å². The third-order valence-corrected chi connectivity index (χ3v) is 8.88. The molecule has 46 heavy (non-hydrogen) atoms. The van der Waals surface area contributed by atoms with Crippen molar-refractivity contribution in [3.8, 4) is 45.6 Å². The predicted octanol–water partition coefficient (Wildman–Crippen LogP) is 0.800. The van der Waals surface area contributed by atoms with E-state index in [1.165, 1.54) is 6.92 Å². The summed E-state index contributed by atoms with van der Waals surface area (Å²) in [6, 6.07) is 2.98. The molecule has 0 saturated heterocycles. The number of phenolic OH excluding ortho intramolecular Hbond substituents is 4. The number of ketones is 4. The van der Waals surface area contributed by atoms with E-state index in [-0.39, 0.29) is 28.2 Å². The van der Waals surface area contributed by atoms with Crippen LogP contribution in [-0.2, 0) is 0 Å². The van der Waals surface area contributed by atoms with E-state index in [1.54, 1.807) is 0 Å². The summed E-state index contributed by atoms with van der Waals surface area (Å²) >= 11 is 0. The number of aromatic hydroxyl groups is 4. The highest BCUT2D eigenvalue weighted by Gasteiger charge is 2.56. The van der Waals surface area contributed by atoms with Crippen LogP contribution >= 0.6 is 0 Å². The lowest BCUT2D eigenvalue weighted by molar-refractivity contribution is -0.158. The van der Waals surface area contributed by atoms with Gasteiger partial charge in [-0.15, -0.1) is 0 Å². The van der Waals surface area contributed by atoms with Gasteiger partial charge in [0.1, 0.15) is 46.9 Å². The van der Waals surface area contributed by atoms with Crippen molar-refractivity contribution < 1.29 is 69.5 Å². The highest BCUT2D eigenvalue weighted by atomic mass is 16.5. The number of methoxy groups -OCH3 is 2. The molecule has 3 aromatic carbocycles. The molecule has 14 nitrogen and oxygen atoms in total. The lowest BCUT2D eigenvalue weighted by atomic mass is 9.67. The van der Waals surface area contributed by atoms with Crippen LogP contribution in [0.1, 0.15) is 65.0 Å². The highest BCUT2D eigenvalue weighted by Crippen LogP contribution is 2.54. The van der Waals surface area contributed by atoms with Crippen LogP contribution in [0.25, 0.3) is 11.1 Å². The number of ether oxygens (including phenoxy) is 2. The van der Waals surface area contributed by atoms with E-state index in [9.17, 15) is 60.0 Å². The Bertz CT molecular complexity index is 2020. The molecular formula is C32H26O14. The lowest BCUT2D eigenvalue weighted by Gasteiger charge is -2.44. The number of aryl methyl sites for hydroxylation is 1. The van der Waals surface area contributed by atoms with E-state index >= 15 is 0 Å². The largest absolute Gasteiger partial charge is 0.507 e. The quantitative estimate of drug-likeness (QED) is 0.145. The number of aliphatic hydroxyl groups is 4. The molecule has 238 valence electrons. The topological polar surface area (TPSA) is 249 Å². The summed E-state index contributed by atoms with van der Waals surface area (Å²) in [5.74, 6) is -8.36. The lowest BCUT2D eigenvalue weighted by Crippen LogP contribution is -2.61.